The number of aromatic amines is 1. The van der Waals surface area contributed by atoms with Crippen molar-refractivity contribution in [2.45, 2.75) is 6.42 Å². The van der Waals surface area contributed by atoms with E-state index in [0.29, 0.717) is 6.42 Å². The van der Waals surface area contributed by atoms with Crippen molar-refractivity contribution in [3.8, 4) is 0 Å². The van der Waals surface area contributed by atoms with E-state index in [-0.39, 0.29) is 6.61 Å². The number of H-pyrrole nitrogens is 1. The maximum absolute atomic E-state index is 8.39. The van der Waals surface area contributed by atoms with E-state index < -0.39 is 0 Å². The molecule has 0 unspecified atom stereocenters. The van der Waals surface area contributed by atoms with E-state index in [1.165, 1.54) is 0 Å². The van der Waals surface area contributed by atoms with Gasteiger partial charge in [0.25, 0.3) is 0 Å². The quantitative estimate of drug-likeness (QED) is 0.563. The molecule has 44 valence electrons. The second-order valence-corrected chi connectivity index (χ2v) is 1.56. The second-order valence-electron chi connectivity index (χ2n) is 1.56. The Balaban J connectivity index is 2.50. The van der Waals surface area contributed by atoms with Gasteiger partial charge < -0.3 is 5.11 Å². The molecule has 1 heterocycles. The molecule has 1 aromatic heterocycles. The molecule has 0 atom stereocenters. The standard InChI is InChI=1S/C5H8N2O/c8-4-2-5-1-3-6-7-5/h1,3,8H,2,4H2,(H,6,7). The third-order valence-corrected chi connectivity index (χ3v) is 0.940. The van der Waals surface area contributed by atoms with Crippen LogP contribution in [0.4, 0.5) is 0 Å². The molecule has 0 fully saturated rings. The van der Waals surface area contributed by atoms with Crippen molar-refractivity contribution in [2.75, 3.05) is 6.61 Å². The largest absolute Gasteiger partial charge is 0.396 e. The minimum atomic E-state index is 0.183. The van der Waals surface area contributed by atoms with Crippen LogP contribution in [0.3, 0.4) is 0 Å². The van der Waals surface area contributed by atoms with E-state index in [1.54, 1.807) is 6.20 Å². The van der Waals surface area contributed by atoms with Crippen molar-refractivity contribution in [3.63, 3.8) is 0 Å². The zero-order chi connectivity index (χ0) is 5.82. The topological polar surface area (TPSA) is 48.9 Å². The Morgan fingerprint density at radius 2 is 2.62 bits per heavy atom. The van der Waals surface area contributed by atoms with Gasteiger partial charge in [-0.15, -0.1) is 0 Å². The molecule has 0 aliphatic heterocycles. The van der Waals surface area contributed by atoms with Crippen LogP contribution in [-0.2, 0) is 6.42 Å². The van der Waals surface area contributed by atoms with Crippen LogP contribution >= 0.6 is 0 Å². The van der Waals surface area contributed by atoms with E-state index in [0.717, 1.165) is 5.69 Å². The van der Waals surface area contributed by atoms with Gasteiger partial charge in [0.2, 0.25) is 0 Å². The van der Waals surface area contributed by atoms with Crippen molar-refractivity contribution < 1.29 is 5.11 Å². The Hall–Kier alpha value is -0.830. The third-order valence-electron chi connectivity index (χ3n) is 0.940. The average molecular weight is 112 g/mol. The monoisotopic (exact) mass is 112 g/mol. The average Bonchev–Trinajstić information content (AvgIpc) is 2.19. The SMILES string of the molecule is OCCc1ccn[nH]1. The van der Waals surface area contributed by atoms with Gasteiger partial charge in [-0.1, -0.05) is 0 Å². The summed E-state index contributed by atoms with van der Waals surface area (Å²) in [5.74, 6) is 0. The summed E-state index contributed by atoms with van der Waals surface area (Å²) >= 11 is 0. The Labute approximate surface area is 47.4 Å². The fraction of sp³-hybridized carbons (Fsp3) is 0.400. The molecule has 0 spiro atoms. The van der Waals surface area contributed by atoms with Gasteiger partial charge in [-0.25, -0.2) is 0 Å². The van der Waals surface area contributed by atoms with E-state index in [9.17, 15) is 0 Å². The molecule has 0 radical (unpaired) electrons. The lowest BCUT2D eigenvalue weighted by molar-refractivity contribution is 0.298. The highest BCUT2D eigenvalue weighted by Gasteiger charge is 1.87. The lowest BCUT2D eigenvalue weighted by Gasteiger charge is -1.85. The molecule has 0 amide bonds. The van der Waals surface area contributed by atoms with Crippen LogP contribution in [0, 0.1) is 0 Å². The summed E-state index contributed by atoms with van der Waals surface area (Å²) in [6.07, 6.45) is 2.34. The predicted molar refractivity (Wildman–Crippen MR) is 29.4 cm³/mol. The Kier molecular flexibility index (Phi) is 1.64. The van der Waals surface area contributed by atoms with Crippen LogP contribution in [0.5, 0.6) is 0 Å². The zero-order valence-corrected chi connectivity index (χ0v) is 4.46. The summed E-state index contributed by atoms with van der Waals surface area (Å²) in [4.78, 5) is 0. The lowest BCUT2D eigenvalue weighted by Crippen LogP contribution is -1.89. The molecular weight excluding hydrogens is 104 g/mol. The predicted octanol–water partition coefficient (Wildman–Crippen LogP) is -0.0555. The summed E-state index contributed by atoms with van der Waals surface area (Å²) in [5, 5.41) is 14.8. The van der Waals surface area contributed by atoms with Crippen LogP contribution in [0.25, 0.3) is 0 Å². The minimum absolute atomic E-state index is 0.183. The first kappa shape index (κ1) is 5.31. The molecule has 0 aliphatic rings. The van der Waals surface area contributed by atoms with Crippen LogP contribution < -0.4 is 0 Å². The molecule has 3 nitrogen and oxygen atoms in total. The van der Waals surface area contributed by atoms with Crippen molar-refractivity contribution in [1.29, 1.82) is 0 Å². The van der Waals surface area contributed by atoms with Crippen LogP contribution in [0.1, 0.15) is 5.69 Å². The molecule has 2 N–H and O–H groups in total. The van der Waals surface area contributed by atoms with Gasteiger partial charge in [0.1, 0.15) is 0 Å². The first-order valence-electron chi connectivity index (χ1n) is 2.52. The van der Waals surface area contributed by atoms with Crippen molar-refractivity contribution >= 4 is 0 Å². The number of nitrogens with zero attached hydrogens (tertiary/aromatic N) is 1. The molecule has 0 bridgehead atoms. The molecule has 1 rings (SSSR count). The number of hydrogen-bond donors (Lipinski definition) is 2. The molecule has 0 aromatic carbocycles. The van der Waals surface area contributed by atoms with E-state index in [2.05, 4.69) is 10.2 Å². The van der Waals surface area contributed by atoms with Crippen molar-refractivity contribution in [2.24, 2.45) is 0 Å². The number of aromatic nitrogens is 2. The first-order chi connectivity index (χ1) is 3.93. The zero-order valence-electron chi connectivity index (χ0n) is 4.46. The highest BCUT2D eigenvalue weighted by atomic mass is 16.3. The molecule has 0 aliphatic carbocycles. The van der Waals surface area contributed by atoms with Crippen molar-refractivity contribution in [3.05, 3.63) is 18.0 Å². The Bertz CT molecular complexity index is 136. The van der Waals surface area contributed by atoms with Crippen LogP contribution in [0.2, 0.25) is 0 Å². The summed E-state index contributed by atoms with van der Waals surface area (Å²) in [5.41, 5.74) is 0.979. The van der Waals surface area contributed by atoms with E-state index >= 15 is 0 Å². The Morgan fingerprint density at radius 3 is 3.12 bits per heavy atom. The van der Waals surface area contributed by atoms with Gasteiger partial charge in [0, 0.05) is 24.9 Å². The summed E-state index contributed by atoms with van der Waals surface area (Å²) in [7, 11) is 0. The molecule has 3 heteroatoms. The summed E-state index contributed by atoms with van der Waals surface area (Å²) in [6.45, 7) is 0.183. The maximum Gasteiger partial charge on any atom is 0.0490 e. The lowest BCUT2D eigenvalue weighted by atomic mass is 10.3. The number of aliphatic hydroxyl groups is 1. The van der Waals surface area contributed by atoms with Gasteiger partial charge in [-0.05, 0) is 6.07 Å². The van der Waals surface area contributed by atoms with Gasteiger partial charge in [-0.3, -0.25) is 5.10 Å². The minimum Gasteiger partial charge on any atom is -0.396 e. The third kappa shape index (κ3) is 1.07. The van der Waals surface area contributed by atoms with Crippen molar-refractivity contribution in [1.82, 2.24) is 10.2 Å². The number of nitrogens with one attached hydrogen (secondary N) is 1. The summed E-state index contributed by atoms with van der Waals surface area (Å²) in [6, 6.07) is 1.84. The van der Waals surface area contributed by atoms with Gasteiger partial charge in [0.15, 0.2) is 0 Å². The van der Waals surface area contributed by atoms with Gasteiger partial charge >= 0.3 is 0 Å². The normalized spacial score (nSPS) is 9.62. The van der Waals surface area contributed by atoms with Gasteiger partial charge in [-0.2, -0.15) is 5.10 Å². The number of hydrogen-bond acceptors (Lipinski definition) is 2. The maximum atomic E-state index is 8.39. The number of rotatable bonds is 2. The van der Waals surface area contributed by atoms with Crippen LogP contribution in [0.15, 0.2) is 12.3 Å². The molecule has 0 saturated carbocycles. The highest BCUT2D eigenvalue weighted by molar-refractivity contribution is 4.96. The second kappa shape index (κ2) is 2.47. The van der Waals surface area contributed by atoms with Gasteiger partial charge in [0.05, 0.1) is 0 Å². The fourth-order valence-electron chi connectivity index (χ4n) is 0.544. The molecular formula is C5H8N2O. The van der Waals surface area contributed by atoms with E-state index in [1.807, 2.05) is 6.07 Å². The smallest absolute Gasteiger partial charge is 0.0490 e. The number of aliphatic hydroxyl groups excluding tert-OH is 1. The molecule has 8 heavy (non-hydrogen) atoms. The van der Waals surface area contributed by atoms with Crippen LogP contribution in [-0.4, -0.2) is 21.9 Å². The first-order valence-corrected chi connectivity index (χ1v) is 2.52. The Morgan fingerprint density at radius 1 is 1.75 bits per heavy atom. The molecule has 1 aromatic rings. The summed E-state index contributed by atoms with van der Waals surface area (Å²) < 4.78 is 0. The fourth-order valence-corrected chi connectivity index (χ4v) is 0.544. The highest BCUT2D eigenvalue weighted by Crippen LogP contribution is 1.89. The molecule has 0 saturated heterocycles. The van der Waals surface area contributed by atoms with E-state index in [4.69, 9.17) is 5.11 Å².